The fourth-order valence-corrected chi connectivity index (χ4v) is 2.66. The minimum Gasteiger partial charge on any atom is -0.497 e. The van der Waals surface area contributed by atoms with E-state index in [0.29, 0.717) is 5.56 Å². The number of para-hydroxylation sites is 1. The number of aromatic nitrogens is 2. The molecule has 1 heterocycles. The molecule has 0 saturated carbocycles. The topological polar surface area (TPSA) is 56.2 Å². The normalized spacial score (nSPS) is 11.8. The van der Waals surface area contributed by atoms with Crippen LogP contribution in [0, 0.1) is 0 Å². The summed E-state index contributed by atoms with van der Waals surface area (Å²) in [5.41, 5.74) is 2.51. The molecule has 2 aromatic carbocycles. The number of rotatable bonds is 6. The fraction of sp³-hybridized carbons (Fsp3) is 0.200. The van der Waals surface area contributed by atoms with Crippen molar-refractivity contribution in [2.75, 3.05) is 7.11 Å². The molecule has 0 aliphatic rings. The Labute approximate surface area is 147 Å². The maximum atomic E-state index is 12.6. The summed E-state index contributed by atoms with van der Waals surface area (Å²) in [4.78, 5) is 12.6. The lowest BCUT2D eigenvalue weighted by Crippen LogP contribution is -2.27. The largest absolute Gasteiger partial charge is 0.497 e. The first-order valence-corrected chi connectivity index (χ1v) is 8.26. The highest BCUT2D eigenvalue weighted by atomic mass is 16.5. The molecule has 1 atom stereocenters. The molecule has 128 valence electrons. The van der Waals surface area contributed by atoms with Crippen molar-refractivity contribution >= 4 is 5.91 Å². The van der Waals surface area contributed by atoms with Crippen LogP contribution in [0.1, 0.15) is 35.3 Å². The molecule has 3 aromatic rings. The van der Waals surface area contributed by atoms with Gasteiger partial charge in [-0.05, 0) is 36.2 Å². The smallest absolute Gasteiger partial charge is 0.254 e. The van der Waals surface area contributed by atoms with Crippen LogP contribution in [-0.2, 0) is 0 Å². The predicted molar refractivity (Wildman–Crippen MR) is 97.1 cm³/mol. The van der Waals surface area contributed by atoms with Crippen molar-refractivity contribution in [3.8, 4) is 11.4 Å². The molecule has 0 aliphatic carbocycles. The fourth-order valence-electron chi connectivity index (χ4n) is 2.66. The zero-order chi connectivity index (χ0) is 17.6. The number of benzene rings is 2. The molecular weight excluding hydrogens is 314 g/mol. The zero-order valence-corrected chi connectivity index (χ0v) is 14.3. The Morgan fingerprint density at radius 1 is 1.16 bits per heavy atom. The average molecular weight is 335 g/mol. The van der Waals surface area contributed by atoms with E-state index in [1.807, 2.05) is 61.5 Å². The quantitative estimate of drug-likeness (QED) is 0.746. The van der Waals surface area contributed by atoms with Crippen LogP contribution >= 0.6 is 0 Å². The molecule has 0 spiro atoms. The number of nitrogens with one attached hydrogen (secondary N) is 1. The highest BCUT2D eigenvalue weighted by molar-refractivity contribution is 5.94. The summed E-state index contributed by atoms with van der Waals surface area (Å²) < 4.78 is 6.88. The summed E-state index contributed by atoms with van der Waals surface area (Å²) >= 11 is 0. The SMILES string of the molecule is CC[C@@H](NC(=O)c1cnn(-c2ccccc2)c1)c1ccc(OC)cc1. The predicted octanol–water partition coefficient (Wildman–Crippen LogP) is 3.76. The van der Waals surface area contributed by atoms with E-state index in [1.54, 1.807) is 24.2 Å². The van der Waals surface area contributed by atoms with Gasteiger partial charge in [0, 0.05) is 6.20 Å². The third-order valence-corrected chi connectivity index (χ3v) is 4.10. The standard InChI is InChI=1S/C20H21N3O2/c1-3-19(15-9-11-18(25-2)12-10-15)22-20(24)16-13-21-23(14-16)17-7-5-4-6-8-17/h4-14,19H,3H2,1-2H3,(H,22,24)/t19-/m1/s1. The lowest BCUT2D eigenvalue weighted by atomic mass is 10.0. The number of hydrogen-bond acceptors (Lipinski definition) is 3. The highest BCUT2D eigenvalue weighted by Crippen LogP contribution is 2.20. The van der Waals surface area contributed by atoms with Gasteiger partial charge in [-0.25, -0.2) is 4.68 Å². The Hall–Kier alpha value is -3.08. The molecular formula is C20H21N3O2. The Kier molecular flexibility index (Phi) is 5.14. The molecule has 5 heteroatoms. The first kappa shape index (κ1) is 16.8. The monoisotopic (exact) mass is 335 g/mol. The highest BCUT2D eigenvalue weighted by Gasteiger charge is 2.16. The number of nitrogens with zero attached hydrogens (tertiary/aromatic N) is 2. The third kappa shape index (κ3) is 3.88. The molecule has 0 aliphatic heterocycles. The zero-order valence-electron chi connectivity index (χ0n) is 14.3. The van der Waals surface area contributed by atoms with Gasteiger partial charge in [-0.3, -0.25) is 4.79 Å². The molecule has 1 N–H and O–H groups in total. The Morgan fingerprint density at radius 2 is 1.88 bits per heavy atom. The van der Waals surface area contributed by atoms with Crippen molar-refractivity contribution in [2.24, 2.45) is 0 Å². The van der Waals surface area contributed by atoms with E-state index in [0.717, 1.165) is 23.4 Å². The van der Waals surface area contributed by atoms with Crippen molar-refractivity contribution in [3.63, 3.8) is 0 Å². The summed E-state index contributed by atoms with van der Waals surface area (Å²) in [5, 5.41) is 7.34. The first-order valence-electron chi connectivity index (χ1n) is 8.26. The molecule has 1 amide bonds. The second kappa shape index (κ2) is 7.66. The molecule has 25 heavy (non-hydrogen) atoms. The van der Waals surface area contributed by atoms with E-state index in [-0.39, 0.29) is 11.9 Å². The Bertz CT molecular complexity index is 826. The summed E-state index contributed by atoms with van der Waals surface area (Å²) in [7, 11) is 1.64. The van der Waals surface area contributed by atoms with Gasteiger partial charge in [0.1, 0.15) is 5.75 Å². The van der Waals surface area contributed by atoms with Gasteiger partial charge in [-0.15, -0.1) is 0 Å². The van der Waals surface area contributed by atoms with Gasteiger partial charge >= 0.3 is 0 Å². The van der Waals surface area contributed by atoms with E-state index in [4.69, 9.17) is 4.74 Å². The number of methoxy groups -OCH3 is 1. The lowest BCUT2D eigenvalue weighted by molar-refractivity contribution is 0.0935. The molecule has 0 saturated heterocycles. The minimum absolute atomic E-state index is 0.0570. The van der Waals surface area contributed by atoms with Gasteiger partial charge < -0.3 is 10.1 Å². The number of carbonyl (C=O) groups excluding carboxylic acids is 1. The van der Waals surface area contributed by atoms with Gasteiger partial charge in [-0.2, -0.15) is 5.10 Å². The number of carbonyl (C=O) groups is 1. The summed E-state index contributed by atoms with van der Waals surface area (Å²) in [6.45, 7) is 2.04. The molecule has 0 unspecified atom stereocenters. The minimum atomic E-state index is -0.134. The van der Waals surface area contributed by atoms with Gasteiger partial charge in [0.05, 0.1) is 30.6 Å². The van der Waals surface area contributed by atoms with E-state index >= 15 is 0 Å². The average Bonchev–Trinajstić information content (AvgIpc) is 3.17. The van der Waals surface area contributed by atoms with E-state index in [1.165, 1.54) is 0 Å². The molecule has 1 aromatic heterocycles. The summed E-state index contributed by atoms with van der Waals surface area (Å²) in [6, 6.07) is 17.4. The second-order valence-corrected chi connectivity index (χ2v) is 5.72. The number of ether oxygens (including phenoxy) is 1. The van der Waals surface area contributed by atoms with Crippen LogP contribution in [0.2, 0.25) is 0 Å². The molecule has 0 fully saturated rings. The number of amides is 1. The van der Waals surface area contributed by atoms with Crippen molar-refractivity contribution in [1.82, 2.24) is 15.1 Å². The third-order valence-electron chi connectivity index (χ3n) is 4.10. The molecule has 0 radical (unpaired) electrons. The van der Waals surface area contributed by atoms with Crippen molar-refractivity contribution in [1.29, 1.82) is 0 Å². The van der Waals surface area contributed by atoms with Crippen LogP contribution in [0.15, 0.2) is 67.0 Å². The van der Waals surface area contributed by atoms with Gasteiger partial charge in [0.2, 0.25) is 0 Å². The van der Waals surface area contributed by atoms with Crippen LogP contribution in [0.5, 0.6) is 5.75 Å². The van der Waals surface area contributed by atoms with Crippen LogP contribution in [0.25, 0.3) is 5.69 Å². The summed E-state index contributed by atoms with van der Waals surface area (Å²) in [6.07, 6.45) is 4.12. The van der Waals surface area contributed by atoms with Crippen LogP contribution in [0.4, 0.5) is 0 Å². The van der Waals surface area contributed by atoms with Gasteiger partial charge in [0.15, 0.2) is 0 Å². The van der Waals surface area contributed by atoms with E-state index in [2.05, 4.69) is 10.4 Å². The Morgan fingerprint density at radius 3 is 2.52 bits per heavy atom. The van der Waals surface area contributed by atoms with Crippen LogP contribution in [0.3, 0.4) is 0 Å². The second-order valence-electron chi connectivity index (χ2n) is 5.72. The van der Waals surface area contributed by atoms with Gasteiger partial charge in [-0.1, -0.05) is 37.3 Å². The van der Waals surface area contributed by atoms with Crippen LogP contribution < -0.4 is 10.1 Å². The van der Waals surface area contributed by atoms with E-state index in [9.17, 15) is 4.79 Å². The van der Waals surface area contributed by atoms with E-state index < -0.39 is 0 Å². The van der Waals surface area contributed by atoms with Gasteiger partial charge in [0.25, 0.3) is 5.91 Å². The molecule has 5 nitrogen and oxygen atoms in total. The first-order chi connectivity index (χ1) is 12.2. The maximum Gasteiger partial charge on any atom is 0.254 e. The maximum absolute atomic E-state index is 12.6. The van der Waals surface area contributed by atoms with Crippen molar-refractivity contribution in [3.05, 3.63) is 78.1 Å². The molecule has 0 bridgehead atoms. The lowest BCUT2D eigenvalue weighted by Gasteiger charge is -2.17. The van der Waals surface area contributed by atoms with Crippen molar-refractivity contribution in [2.45, 2.75) is 19.4 Å². The summed E-state index contributed by atoms with van der Waals surface area (Å²) in [5.74, 6) is 0.666. The van der Waals surface area contributed by atoms with Crippen molar-refractivity contribution < 1.29 is 9.53 Å². The molecule has 3 rings (SSSR count). The number of hydrogen-bond donors (Lipinski definition) is 1. The Balaban J connectivity index is 1.73. The van der Waals surface area contributed by atoms with Crippen LogP contribution in [-0.4, -0.2) is 22.8 Å².